The fourth-order valence-electron chi connectivity index (χ4n) is 2.55. The van der Waals surface area contributed by atoms with Crippen LogP contribution in [-0.4, -0.2) is 31.3 Å². The summed E-state index contributed by atoms with van der Waals surface area (Å²) in [4.78, 5) is 25.1. The molecule has 6 nitrogen and oxygen atoms in total. The van der Waals surface area contributed by atoms with E-state index in [9.17, 15) is 9.59 Å². The molecule has 0 heterocycles. The third kappa shape index (κ3) is 5.18. The number of hydrogen-bond donors (Lipinski definition) is 2. The first kappa shape index (κ1) is 21.6. The molecule has 0 aromatic heterocycles. The maximum absolute atomic E-state index is 12.9. The lowest BCUT2D eigenvalue weighted by Gasteiger charge is -2.30. The van der Waals surface area contributed by atoms with Crippen LogP contribution in [0.25, 0.3) is 11.1 Å². The minimum absolute atomic E-state index is 0.143. The highest BCUT2D eigenvalue weighted by Gasteiger charge is 2.32. The lowest BCUT2D eigenvalue weighted by atomic mass is 9.92. The van der Waals surface area contributed by atoms with Crippen molar-refractivity contribution >= 4 is 17.5 Å². The number of primary amides is 1. The van der Waals surface area contributed by atoms with Crippen LogP contribution in [0.3, 0.4) is 0 Å². The van der Waals surface area contributed by atoms with E-state index < -0.39 is 17.1 Å². The molecule has 2 amide bonds. The van der Waals surface area contributed by atoms with Gasteiger partial charge in [-0.2, -0.15) is 0 Å². The van der Waals surface area contributed by atoms with Crippen LogP contribution in [0.15, 0.2) is 48.5 Å². The lowest BCUT2D eigenvalue weighted by molar-refractivity contribution is -0.209. The summed E-state index contributed by atoms with van der Waals surface area (Å²) in [5.41, 5.74) is 6.94. The van der Waals surface area contributed by atoms with Crippen LogP contribution in [0.5, 0.6) is 0 Å². The van der Waals surface area contributed by atoms with Gasteiger partial charge in [0.25, 0.3) is 5.91 Å². The van der Waals surface area contributed by atoms with Crippen molar-refractivity contribution in [3.05, 3.63) is 54.1 Å². The van der Waals surface area contributed by atoms with Crippen LogP contribution in [-0.2, 0) is 14.3 Å². The Morgan fingerprint density at radius 2 is 1.64 bits per heavy atom. The summed E-state index contributed by atoms with van der Waals surface area (Å²) in [6, 6.07) is 14.7. The fraction of sp³-hybridized carbons (Fsp3) is 0.364. The summed E-state index contributed by atoms with van der Waals surface area (Å²) < 4.78 is 10.9. The van der Waals surface area contributed by atoms with E-state index in [2.05, 4.69) is 5.32 Å². The Labute approximate surface area is 166 Å². The van der Waals surface area contributed by atoms with Gasteiger partial charge in [0, 0.05) is 7.11 Å². The molecule has 0 atom stereocenters. The van der Waals surface area contributed by atoms with Gasteiger partial charge in [-0.05, 0) is 44.9 Å². The Hall–Kier alpha value is -2.70. The van der Waals surface area contributed by atoms with Gasteiger partial charge < -0.3 is 20.5 Å². The second-order valence-electron chi connectivity index (χ2n) is 7.69. The van der Waals surface area contributed by atoms with Crippen molar-refractivity contribution in [2.45, 2.75) is 33.5 Å². The Morgan fingerprint density at radius 1 is 1.00 bits per heavy atom. The van der Waals surface area contributed by atoms with Gasteiger partial charge in [0.05, 0.1) is 23.3 Å². The van der Waals surface area contributed by atoms with Crippen molar-refractivity contribution in [3.63, 3.8) is 0 Å². The first-order valence-electron chi connectivity index (χ1n) is 9.06. The second kappa shape index (κ2) is 8.54. The van der Waals surface area contributed by atoms with Gasteiger partial charge >= 0.3 is 0 Å². The number of ether oxygens (including phenoxy) is 2. The van der Waals surface area contributed by atoms with Crippen LogP contribution >= 0.6 is 0 Å². The van der Waals surface area contributed by atoms with Gasteiger partial charge in [-0.25, -0.2) is 0 Å². The highest BCUT2D eigenvalue weighted by Crippen LogP contribution is 2.30. The summed E-state index contributed by atoms with van der Waals surface area (Å²) in [7, 11) is 1.54. The molecule has 0 aliphatic heterocycles. The molecule has 0 unspecified atom stereocenters. The first-order chi connectivity index (χ1) is 13.1. The molecule has 2 aromatic carbocycles. The van der Waals surface area contributed by atoms with E-state index in [0.29, 0.717) is 11.3 Å². The zero-order valence-corrected chi connectivity index (χ0v) is 17.0. The average Bonchev–Trinajstić information content (AvgIpc) is 2.67. The predicted octanol–water partition coefficient (Wildman–Crippen LogP) is 3.82. The number of methoxy groups -OCH3 is 1. The van der Waals surface area contributed by atoms with Crippen molar-refractivity contribution in [1.29, 1.82) is 0 Å². The van der Waals surface area contributed by atoms with Gasteiger partial charge in [-0.3, -0.25) is 9.59 Å². The van der Waals surface area contributed by atoms with E-state index in [0.717, 1.165) is 5.56 Å². The number of benzene rings is 2. The number of anilines is 1. The molecule has 0 bridgehead atoms. The molecule has 28 heavy (non-hydrogen) atoms. The third-order valence-electron chi connectivity index (χ3n) is 4.53. The lowest BCUT2D eigenvalue weighted by Crippen LogP contribution is -2.39. The normalized spacial score (nSPS) is 11.9. The van der Waals surface area contributed by atoms with Gasteiger partial charge in [-0.1, -0.05) is 42.5 Å². The largest absolute Gasteiger partial charge is 0.366 e. The molecule has 0 saturated carbocycles. The standard InChI is InChI=1S/C22H28N2O4/c1-21(2,14-28-22(3,4)27-5)20(26)24-17-13-9-12-16(18(17)19(23)25)15-10-7-6-8-11-15/h6-13H,14H2,1-5H3,(H2,23,25)(H,24,26). The summed E-state index contributed by atoms with van der Waals surface area (Å²) in [5.74, 6) is -1.69. The molecule has 6 heteroatoms. The molecule has 3 N–H and O–H groups in total. The van der Waals surface area contributed by atoms with Crippen LogP contribution < -0.4 is 11.1 Å². The van der Waals surface area contributed by atoms with Gasteiger partial charge in [-0.15, -0.1) is 0 Å². The van der Waals surface area contributed by atoms with Crippen molar-refractivity contribution in [3.8, 4) is 11.1 Å². The highest BCUT2D eigenvalue weighted by molar-refractivity contribution is 6.08. The number of amides is 2. The van der Waals surface area contributed by atoms with Gasteiger partial charge in [0.15, 0.2) is 5.79 Å². The highest BCUT2D eigenvalue weighted by atomic mass is 16.7. The minimum atomic E-state index is -0.854. The van der Waals surface area contributed by atoms with Gasteiger partial charge in [0.1, 0.15) is 0 Å². The molecule has 0 saturated heterocycles. The molecule has 0 fully saturated rings. The number of carbonyl (C=O) groups excluding carboxylic acids is 2. The molecule has 0 aliphatic carbocycles. The van der Waals surface area contributed by atoms with Crippen molar-refractivity contribution < 1.29 is 19.1 Å². The van der Waals surface area contributed by atoms with E-state index in [-0.39, 0.29) is 18.1 Å². The molecular formula is C22H28N2O4. The predicted molar refractivity (Wildman–Crippen MR) is 110 cm³/mol. The van der Waals surface area contributed by atoms with E-state index >= 15 is 0 Å². The number of rotatable bonds is 8. The number of nitrogens with one attached hydrogen (secondary N) is 1. The molecule has 150 valence electrons. The topological polar surface area (TPSA) is 90.7 Å². The van der Waals surface area contributed by atoms with Crippen molar-refractivity contribution in [2.24, 2.45) is 11.1 Å². The Kier molecular flexibility index (Phi) is 6.59. The smallest absolute Gasteiger partial charge is 0.251 e. The average molecular weight is 384 g/mol. The molecule has 0 spiro atoms. The van der Waals surface area contributed by atoms with E-state index in [1.54, 1.807) is 53.0 Å². The number of hydrogen-bond acceptors (Lipinski definition) is 4. The summed E-state index contributed by atoms with van der Waals surface area (Å²) in [6.07, 6.45) is 0. The van der Waals surface area contributed by atoms with Gasteiger partial charge in [0.2, 0.25) is 5.91 Å². The molecule has 0 radical (unpaired) electrons. The van der Waals surface area contributed by atoms with Crippen LogP contribution in [0.2, 0.25) is 0 Å². The van der Waals surface area contributed by atoms with Crippen molar-refractivity contribution in [1.82, 2.24) is 0 Å². The quantitative estimate of drug-likeness (QED) is 0.677. The Balaban J connectivity index is 2.30. The zero-order valence-electron chi connectivity index (χ0n) is 17.0. The molecule has 2 aromatic rings. The third-order valence-corrected chi connectivity index (χ3v) is 4.53. The van der Waals surface area contributed by atoms with Crippen LogP contribution in [0, 0.1) is 5.41 Å². The molecule has 0 aliphatic rings. The summed E-state index contributed by atoms with van der Waals surface area (Å²) in [5, 5.41) is 2.84. The Morgan fingerprint density at radius 3 is 2.21 bits per heavy atom. The van der Waals surface area contributed by atoms with Crippen LogP contribution in [0.4, 0.5) is 5.69 Å². The maximum Gasteiger partial charge on any atom is 0.251 e. The summed E-state index contributed by atoms with van der Waals surface area (Å²) in [6.45, 7) is 7.22. The first-order valence-corrected chi connectivity index (χ1v) is 9.06. The monoisotopic (exact) mass is 384 g/mol. The number of carbonyl (C=O) groups is 2. The van der Waals surface area contributed by atoms with E-state index in [4.69, 9.17) is 15.2 Å². The van der Waals surface area contributed by atoms with E-state index in [1.165, 1.54) is 0 Å². The zero-order chi connectivity index (χ0) is 20.9. The van der Waals surface area contributed by atoms with Crippen LogP contribution in [0.1, 0.15) is 38.1 Å². The maximum atomic E-state index is 12.9. The SMILES string of the molecule is COC(C)(C)OCC(C)(C)C(=O)Nc1cccc(-c2ccccc2)c1C(N)=O. The molecule has 2 rings (SSSR count). The number of nitrogens with two attached hydrogens (primary N) is 1. The summed E-state index contributed by atoms with van der Waals surface area (Å²) >= 11 is 0. The second-order valence-corrected chi connectivity index (χ2v) is 7.69. The van der Waals surface area contributed by atoms with Crippen molar-refractivity contribution in [2.75, 3.05) is 19.0 Å². The Bertz CT molecular complexity index is 845. The minimum Gasteiger partial charge on any atom is -0.366 e. The van der Waals surface area contributed by atoms with E-state index in [1.807, 2.05) is 30.3 Å². The fourth-order valence-corrected chi connectivity index (χ4v) is 2.55. The molecular weight excluding hydrogens is 356 g/mol.